The van der Waals surface area contributed by atoms with Crippen LogP contribution in [0, 0.1) is 0 Å². The lowest BCUT2D eigenvalue weighted by molar-refractivity contribution is -0.114. The van der Waals surface area contributed by atoms with E-state index in [2.05, 4.69) is 21.7 Å². The molecule has 0 saturated carbocycles. The van der Waals surface area contributed by atoms with Crippen LogP contribution in [0.3, 0.4) is 0 Å². The lowest BCUT2D eigenvalue weighted by Gasteiger charge is -1.92. The highest BCUT2D eigenvalue weighted by atomic mass is 15.0. The van der Waals surface area contributed by atoms with Crippen LogP contribution in [0.25, 0.3) is 0 Å². The molecule has 0 aliphatic carbocycles. The van der Waals surface area contributed by atoms with E-state index in [0.29, 0.717) is 5.69 Å². The topological polar surface area (TPSA) is 89.8 Å². The molecule has 1 aromatic rings. The molecule has 5 nitrogen and oxygen atoms in total. The Bertz CT molecular complexity index is 293. The monoisotopic (exact) mass is 150 g/mol. The van der Waals surface area contributed by atoms with Gasteiger partial charge in [-0.15, -0.1) is 0 Å². The molecule has 5 heteroatoms. The van der Waals surface area contributed by atoms with E-state index in [9.17, 15) is 0 Å². The molecule has 0 atom stereocenters. The van der Waals surface area contributed by atoms with Crippen molar-refractivity contribution in [3.63, 3.8) is 0 Å². The highest BCUT2D eigenvalue weighted by Gasteiger charge is 2.02. The summed E-state index contributed by atoms with van der Waals surface area (Å²) in [6.45, 7) is 3.27. The molecule has 0 radical (unpaired) electrons. The Kier molecular flexibility index (Phi) is 1.91. The van der Waals surface area contributed by atoms with Crippen molar-refractivity contribution in [1.82, 2.24) is 9.97 Å². The van der Waals surface area contributed by atoms with Crippen molar-refractivity contribution < 1.29 is 5.41 Å². The molecule has 4 N–H and O–H groups in total. The third-order valence-corrected chi connectivity index (χ3v) is 1.08. The molecule has 1 rings (SSSR count). The Morgan fingerprint density at radius 3 is 3.00 bits per heavy atom. The summed E-state index contributed by atoms with van der Waals surface area (Å²) < 4.78 is 0. The fraction of sp³-hybridized carbons (Fsp3) is 0. The van der Waals surface area contributed by atoms with Crippen molar-refractivity contribution in [1.29, 1.82) is 0 Å². The summed E-state index contributed by atoms with van der Waals surface area (Å²) in [5, 5.41) is 5.28. The molecule has 0 unspecified atom stereocenters. The van der Waals surface area contributed by atoms with E-state index in [1.165, 1.54) is 6.20 Å². The van der Waals surface area contributed by atoms with Crippen LogP contribution < -0.4 is 11.1 Å². The summed E-state index contributed by atoms with van der Waals surface area (Å²) in [6.07, 6.45) is 1.52. The van der Waals surface area contributed by atoms with Crippen LogP contribution in [-0.2, 0) is 0 Å². The van der Waals surface area contributed by atoms with Crippen molar-refractivity contribution >= 4 is 18.5 Å². The molecule has 0 aliphatic heterocycles. The first kappa shape index (κ1) is 7.33. The molecular weight excluding hydrogens is 142 g/mol. The molecule has 0 spiro atoms. The van der Waals surface area contributed by atoms with Gasteiger partial charge in [-0.3, -0.25) is 11.1 Å². The number of amidine groups is 1. The number of aliphatic imine (C=N–C) groups is 1. The van der Waals surface area contributed by atoms with E-state index in [1.54, 1.807) is 6.07 Å². The first-order valence-electron chi connectivity index (χ1n) is 2.92. The summed E-state index contributed by atoms with van der Waals surface area (Å²) in [7, 11) is 0. The van der Waals surface area contributed by atoms with E-state index in [4.69, 9.17) is 11.1 Å². The zero-order chi connectivity index (χ0) is 8.27. The quantitative estimate of drug-likeness (QED) is 0.388. The largest absolute Gasteiger partial charge is 0.289 e. The molecule has 0 fully saturated rings. The lowest BCUT2D eigenvalue weighted by atomic mass is 10.4. The van der Waals surface area contributed by atoms with Gasteiger partial charge >= 0.3 is 0 Å². The third-order valence-electron chi connectivity index (χ3n) is 1.08. The van der Waals surface area contributed by atoms with Crippen molar-refractivity contribution in [3.05, 3.63) is 18.0 Å². The first-order chi connectivity index (χ1) is 5.24. The minimum Gasteiger partial charge on any atom is -0.286 e. The summed E-state index contributed by atoms with van der Waals surface area (Å²) in [6, 6.07) is 1.60. The predicted molar refractivity (Wildman–Crippen MR) is 41.5 cm³/mol. The third kappa shape index (κ3) is 1.57. The van der Waals surface area contributed by atoms with E-state index >= 15 is 0 Å². The number of nitrogens with two attached hydrogens (primary N) is 2. The number of hydrogen-bond acceptors (Lipinski definition) is 3. The van der Waals surface area contributed by atoms with Crippen LogP contribution in [-0.4, -0.2) is 22.5 Å². The van der Waals surface area contributed by atoms with Gasteiger partial charge in [0.25, 0.3) is 5.84 Å². The minimum absolute atomic E-state index is 0.150. The fourth-order valence-corrected chi connectivity index (χ4v) is 0.585. The Labute approximate surface area is 63.5 Å². The zero-order valence-electron chi connectivity index (χ0n) is 5.86. The summed E-state index contributed by atoms with van der Waals surface area (Å²) in [4.78, 5) is 11.2. The maximum Gasteiger partial charge on any atom is 0.289 e. The summed E-state index contributed by atoms with van der Waals surface area (Å²) >= 11 is 0. The SMILES string of the molecule is C=Nc1nccc(C(N)=[NH2+])n1. The van der Waals surface area contributed by atoms with Crippen LogP contribution in [0.2, 0.25) is 0 Å². The average molecular weight is 150 g/mol. The van der Waals surface area contributed by atoms with Gasteiger partial charge < -0.3 is 0 Å². The maximum atomic E-state index is 5.28. The zero-order valence-corrected chi connectivity index (χ0v) is 5.86. The summed E-state index contributed by atoms with van der Waals surface area (Å²) in [5.41, 5.74) is 5.75. The van der Waals surface area contributed by atoms with Gasteiger partial charge in [0.2, 0.25) is 5.95 Å². The second-order valence-corrected chi connectivity index (χ2v) is 1.86. The van der Waals surface area contributed by atoms with Crippen LogP contribution in [0.1, 0.15) is 5.69 Å². The van der Waals surface area contributed by atoms with Gasteiger partial charge in [-0.05, 0) is 12.8 Å². The molecule has 56 valence electrons. The molecule has 0 aromatic carbocycles. The van der Waals surface area contributed by atoms with Crippen LogP contribution in [0.15, 0.2) is 17.3 Å². The van der Waals surface area contributed by atoms with Gasteiger partial charge in [0, 0.05) is 6.20 Å². The predicted octanol–water partition coefficient (Wildman–Crippen LogP) is -1.73. The summed E-state index contributed by atoms with van der Waals surface area (Å²) in [5.74, 6) is 0.424. The van der Waals surface area contributed by atoms with Crippen molar-refractivity contribution in [2.24, 2.45) is 10.7 Å². The molecule has 0 amide bonds. The first-order valence-corrected chi connectivity index (χ1v) is 2.92. The molecule has 0 bridgehead atoms. The van der Waals surface area contributed by atoms with Crippen molar-refractivity contribution in [2.45, 2.75) is 0 Å². The smallest absolute Gasteiger partial charge is 0.286 e. The van der Waals surface area contributed by atoms with Gasteiger partial charge in [-0.1, -0.05) is 0 Å². The van der Waals surface area contributed by atoms with E-state index in [0.717, 1.165) is 0 Å². The Balaban J connectivity index is 3.10. The second-order valence-electron chi connectivity index (χ2n) is 1.86. The normalized spacial score (nSPS) is 9.09. The Morgan fingerprint density at radius 2 is 2.45 bits per heavy atom. The molecule has 1 heterocycles. The molecule has 0 saturated heterocycles. The Morgan fingerprint density at radius 1 is 1.73 bits per heavy atom. The van der Waals surface area contributed by atoms with Crippen molar-refractivity contribution in [3.8, 4) is 0 Å². The van der Waals surface area contributed by atoms with Crippen LogP contribution in [0.5, 0.6) is 0 Å². The molecular formula is C6H8N5+. The van der Waals surface area contributed by atoms with Gasteiger partial charge in [-0.2, -0.15) is 0 Å². The van der Waals surface area contributed by atoms with Gasteiger partial charge in [0.15, 0.2) is 5.69 Å². The van der Waals surface area contributed by atoms with Gasteiger partial charge in [0.1, 0.15) is 0 Å². The second kappa shape index (κ2) is 2.87. The van der Waals surface area contributed by atoms with E-state index in [-0.39, 0.29) is 11.8 Å². The average Bonchev–Trinajstić information content (AvgIpc) is 2.05. The molecule has 0 aliphatic rings. The van der Waals surface area contributed by atoms with Crippen molar-refractivity contribution in [2.75, 3.05) is 0 Å². The Hall–Kier alpha value is -1.78. The number of hydrogen-bond donors (Lipinski definition) is 2. The standard InChI is InChI=1S/C6H7N5/c1-9-6-10-3-2-4(11-6)5(7)8/h2-3H,1H2,(H3,7,8)/p+1. The highest BCUT2D eigenvalue weighted by Crippen LogP contribution is 2.00. The van der Waals surface area contributed by atoms with Gasteiger partial charge in [0.05, 0.1) is 0 Å². The number of nitrogens with zero attached hydrogens (tertiary/aromatic N) is 3. The number of rotatable bonds is 2. The van der Waals surface area contributed by atoms with Crippen LogP contribution >= 0.6 is 0 Å². The highest BCUT2D eigenvalue weighted by molar-refractivity contribution is 5.90. The number of aromatic nitrogens is 2. The molecule has 1 aromatic heterocycles. The van der Waals surface area contributed by atoms with E-state index < -0.39 is 0 Å². The fourth-order valence-electron chi connectivity index (χ4n) is 0.585. The molecule has 11 heavy (non-hydrogen) atoms. The minimum atomic E-state index is 0.150. The van der Waals surface area contributed by atoms with Gasteiger partial charge in [-0.25, -0.2) is 15.0 Å². The van der Waals surface area contributed by atoms with E-state index in [1.807, 2.05) is 0 Å². The lowest BCUT2D eigenvalue weighted by Crippen LogP contribution is -2.46. The van der Waals surface area contributed by atoms with Crippen LogP contribution in [0.4, 0.5) is 5.95 Å². The maximum absolute atomic E-state index is 5.28.